The molecule has 1 heterocycles. The smallest absolute Gasteiger partial charge is 0.0590 e. The molecule has 0 aliphatic carbocycles. The van der Waals surface area contributed by atoms with Crippen molar-refractivity contribution >= 4 is 0 Å². The van der Waals surface area contributed by atoms with E-state index in [9.17, 15) is 0 Å². The molecule has 4 heteroatoms. The highest BCUT2D eigenvalue weighted by atomic mass is 16.5. The first-order chi connectivity index (χ1) is 8.74. The van der Waals surface area contributed by atoms with E-state index in [1.807, 2.05) is 0 Å². The van der Waals surface area contributed by atoms with Crippen molar-refractivity contribution in [3.63, 3.8) is 0 Å². The van der Waals surface area contributed by atoms with Gasteiger partial charge in [0, 0.05) is 51.9 Å². The molecule has 0 aromatic rings. The molecule has 1 unspecified atom stereocenters. The first-order valence-electron chi connectivity index (χ1n) is 7.45. The maximum atomic E-state index is 5.52. The zero-order valence-electron chi connectivity index (χ0n) is 12.5. The van der Waals surface area contributed by atoms with Gasteiger partial charge in [-0.1, -0.05) is 13.3 Å². The van der Waals surface area contributed by atoms with E-state index < -0.39 is 0 Å². The number of hydrogen-bond acceptors (Lipinski definition) is 4. The maximum absolute atomic E-state index is 5.52. The average molecular weight is 257 g/mol. The Morgan fingerprint density at radius 3 is 2.78 bits per heavy atom. The monoisotopic (exact) mass is 257 g/mol. The Balaban J connectivity index is 1.91. The van der Waals surface area contributed by atoms with Crippen LogP contribution in [-0.4, -0.2) is 75.4 Å². The summed E-state index contributed by atoms with van der Waals surface area (Å²) >= 11 is 0. The molecule has 18 heavy (non-hydrogen) atoms. The Bertz CT molecular complexity index is 201. The molecule has 0 radical (unpaired) electrons. The molecular weight excluding hydrogens is 226 g/mol. The summed E-state index contributed by atoms with van der Waals surface area (Å²) in [4.78, 5) is 4.99. The quantitative estimate of drug-likeness (QED) is 0.624. The van der Waals surface area contributed by atoms with E-state index in [-0.39, 0.29) is 0 Å². The minimum absolute atomic E-state index is 0.686. The number of nitrogens with one attached hydrogen (secondary N) is 1. The summed E-state index contributed by atoms with van der Waals surface area (Å²) in [6.07, 6.45) is 2.40. The Labute approximate surface area is 113 Å². The van der Waals surface area contributed by atoms with Crippen molar-refractivity contribution in [2.45, 2.75) is 32.7 Å². The Morgan fingerprint density at radius 1 is 1.22 bits per heavy atom. The fraction of sp³-hybridized carbons (Fsp3) is 1.00. The minimum atomic E-state index is 0.686. The van der Waals surface area contributed by atoms with Gasteiger partial charge in [0.2, 0.25) is 0 Å². The summed E-state index contributed by atoms with van der Waals surface area (Å²) in [5.74, 6) is 0. The van der Waals surface area contributed by atoms with Crippen LogP contribution in [0.25, 0.3) is 0 Å². The fourth-order valence-electron chi connectivity index (χ4n) is 2.35. The predicted molar refractivity (Wildman–Crippen MR) is 77.1 cm³/mol. The third kappa shape index (κ3) is 6.69. The molecule has 0 amide bonds. The molecule has 1 fully saturated rings. The summed E-state index contributed by atoms with van der Waals surface area (Å²) < 4.78 is 5.52. The van der Waals surface area contributed by atoms with Crippen molar-refractivity contribution in [2.75, 3.05) is 59.5 Å². The molecule has 4 nitrogen and oxygen atoms in total. The molecular formula is C14H31N3O. The molecule has 1 aliphatic heterocycles. The SMILES string of the molecule is CCCCOCCNCCN1CCN(C)CC1C. The molecule has 1 atom stereocenters. The van der Waals surface area contributed by atoms with Gasteiger partial charge < -0.3 is 15.0 Å². The van der Waals surface area contributed by atoms with E-state index in [1.165, 1.54) is 32.5 Å². The van der Waals surface area contributed by atoms with Gasteiger partial charge in [-0.15, -0.1) is 0 Å². The number of ether oxygens (including phenoxy) is 1. The van der Waals surface area contributed by atoms with Crippen LogP contribution in [0.15, 0.2) is 0 Å². The lowest BCUT2D eigenvalue weighted by atomic mass is 10.2. The molecule has 0 saturated carbocycles. The second kappa shape index (κ2) is 9.73. The highest BCUT2D eigenvalue weighted by Crippen LogP contribution is 2.06. The maximum Gasteiger partial charge on any atom is 0.0590 e. The second-order valence-electron chi connectivity index (χ2n) is 5.36. The second-order valence-corrected chi connectivity index (χ2v) is 5.36. The molecule has 1 aliphatic rings. The van der Waals surface area contributed by atoms with Crippen molar-refractivity contribution in [1.29, 1.82) is 0 Å². The van der Waals surface area contributed by atoms with E-state index in [0.717, 1.165) is 32.8 Å². The van der Waals surface area contributed by atoms with E-state index in [1.54, 1.807) is 0 Å². The van der Waals surface area contributed by atoms with Gasteiger partial charge in [0.15, 0.2) is 0 Å². The fourth-order valence-corrected chi connectivity index (χ4v) is 2.35. The Morgan fingerprint density at radius 2 is 2.06 bits per heavy atom. The van der Waals surface area contributed by atoms with Crippen LogP contribution in [-0.2, 0) is 4.74 Å². The normalized spacial score (nSPS) is 22.5. The van der Waals surface area contributed by atoms with Gasteiger partial charge in [-0.25, -0.2) is 0 Å². The van der Waals surface area contributed by atoms with Crippen LogP contribution in [0.4, 0.5) is 0 Å². The summed E-state index contributed by atoms with van der Waals surface area (Å²) in [6.45, 7) is 13.1. The van der Waals surface area contributed by atoms with Crippen LogP contribution < -0.4 is 5.32 Å². The highest BCUT2D eigenvalue weighted by Gasteiger charge is 2.20. The molecule has 1 N–H and O–H groups in total. The highest BCUT2D eigenvalue weighted by molar-refractivity contribution is 4.77. The minimum Gasteiger partial charge on any atom is -0.380 e. The molecule has 1 saturated heterocycles. The van der Waals surface area contributed by atoms with E-state index in [0.29, 0.717) is 6.04 Å². The van der Waals surface area contributed by atoms with Gasteiger partial charge in [0.05, 0.1) is 6.61 Å². The summed E-state index contributed by atoms with van der Waals surface area (Å²) in [6, 6.07) is 0.686. The Kier molecular flexibility index (Phi) is 8.59. The third-order valence-corrected chi connectivity index (χ3v) is 3.61. The molecule has 108 valence electrons. The molecule has 0 aromatic carbocycles. The largest absolute Gasteiger partial charge is 0.380 e. The standard InChI is InChI=1S/C14H31N3O/c1-4-5-11-18-12-7-15-6-8-17-10-9-16(3)13-14(17)2/h14-15H,4-13H2,1-3H3. The van der Waals surface area contributed by atoms with Gasteiger partial charge in [0.25, 0.3) is 0 Å². The van der Waals surface area contributed by atoms with Crippen LogP contribution in [0.1, 0.15) is 26.7 Å². The summed E-state index contributed by atoms with van der Waals surface area (Å²) in [5.41, 5.74) is 0. The van der Waals surface area contributed by atoms with Crippen LogP contribution in [0, 0.1) is 0 Å². The zero-order chi connectivity index (χ0) is 13.2. The number of hydrogen-bond donors (Lipinski definition) is 1. The van der Waals surface area contributed by atoms with Crippen LogP contribution in [0.2, 0.25) is 0 Å². The van der Waals surface area contributed by atoms with Gasteiger partial charge in [-0.2, -0.15) is 0 Å². The van der Waals surface area contributed by atoms with Crippen molar-refractivity contribution in [3.8, 4) is 0 Å². The van der Waals surface area contributed by atoms with Crippen molar-refractivity contribution < 1.29 is 4.74 Å². The van der Waals surface area contributed by atoms with Gasteiger partial charge in [-0.3, -0.25) is 4.90 Å². The lowest BCUT2D eigenvalue weighted by Crippen LogP contribution is -2.52. The number of nitrogens with zero attached hydrogens (tertiary/aromatic N) is 2. The number of rotatable bonds is 9. The van der Waals surface area contributed by atoms with Crippen molar-refractivity contribution in [1.82, 2.24) is 15.1 Å². The predicted octanol–water partition coefficient (Wildman–Crippen LogP) is 1.03. The molecule has 0 spiro atoms. The lowest BCUT2D eigenvalue weighted by molar-refractivity contribution is 0.0986. The molecule has 0 bridgehead atoms. The van der Waals surface area contributed by atoms with Crippen LogP contribution >= 0.6 is 0 Å². The third-order valence-electron chi connectivity index (χ3n) is 3.61. The zero-order valence-corrected chi connectivity index (χ0v) is 12.5. The molecule has 1 rings (SSSR count). The van der Waals surface area contributed by atoms with Gasteiger partial charge in [-0.05, 0) is 20.4 Å². The van der Waals surface area contributed by atoms with Gasteiger partial charge >= 0.3 is 0 Å². The average Bonchev–Trinajstić information content (AvgIpc) is 2.35. The van der Waals surface area contributed by atoms with Crippen LogP contribution in [0.5, 0.6) is 0 Å². The van der Waals surface area contributed by atoms with Crippen molar-refractivity contribution in [3.05, 3.63) is 0 Å². The summed E-state index contributed by atoms with van der Waals surface area (Å²) in [5, 5.41) is 3.46. The van der Waals surface area contributed by atoms with Crippen molar-refractivity contribution in [2.24, 2.45) is 0 Å². The first-order valence-corrected chi connectivity index (χ1v) is 7.45. The molecule has 0 aromatic heterocycles. The van der Waals surface area contributed by atoms with Crippen LogP contribution in [0.3, 0.4) is 0 Å². The van der Waals surface area contributed by atoms with E-state index in [4.69, 9.17) is 4.74 Å². The number of likely N-dealkylation sites (N-methyl/N-ethyl adjacent to an activating group) is 1. The summed E-state index contributed by atoms with van der Waals surface area (Å²) in [7, 11) is 2.21. The first kappa shape index (κ1) is 15.9. The Hall–Kier alpha value is -0.160. The number of piperazine rings is 1. The van der Waals surface area contributed by atoms with Gasteiger partial charge in [0.1, 0.15) is 0 Å². The number of unbranched alkanes of at least 4 members (excludes halogenated alkanes) is 1. The lowest BCUT2D eigenvalue weighted by Gasteiger charge is -2.38. The topological polar surface area (TPSA) is 27.7 Å². The van der Waals surface area contributed by atoms with E-state index in [2.05, 4.69) is 36.0 Å². The van der Waals surface area contributed by atoms with E-state index >= 15 is 0 Å².